The number of carbonyl (C=O) groups is 3. The number of halogens is 1. The van der Waals surface area contributed by atoms with Crippen molar-refractivity contribution in [2.45, 2.75) is 22.6 Å². The van der Waals surface area contributed by atoms with Crippen molar-refractivity contribution in [3.63, 3.8) is 0 Å². The summed E-state index contributed by atoms with van der Waals surface area (Å²) >= 11 is 6.41. The van der Waals surface area contributed by atoms with E-state index in [0.717, 1.165) is 26.4 Å². The van der Waals surface area contributed by atoms with Crippen molar-refractivity contribution in [2.24, 2.45) is 29.6 Å². The Kier molecular flexibility index (Phi) is 6.92. The van der Waals surface area contributed by atoms with Crippen LogP contribution in [0, 0.1) is 29.6 Å². The number of thiazole rings is 1. The Labute approximate surface area is 274 Å². The van der Waals surface area contributed by atoms with Crippen LogP contribution in [0.1, 0.15) is 22.8 Å². The molecule has 0 radical (unpaired) electrons. The number of ether oxygens (including phenoxy) is 1. The number of imide groups is 1. The van der Waals surface area contributed by atoms with Gasteiger partial charge in [-0.2, -0.15) is 0 Å². The minimum absolute atomic E-state index is 0.00757. The number of phenols is 1. The number of hydrogen-bond donors (Lipinski definition) is 3. The van der Waals surface area contributed by atoms with Crippen LogP contribution in [-0.4, -0.2) is 39.7 Å². The quantitative estimate of drug-likeness (QED) is 0.176. The molecule has 0 spiro atoms. The highest BCUT2D eigenvalue weighted by Gasteiger charge is 2.69. The maximum absolute atomic E-state index is 14.0. The number of fused-ring (bicyclic) bond motifs is 9. The molecule has 3 N–H and O–H groups in total. The van der Waals surface area contributed by atoms with E-state index in [2.05, 4.69) is 26.2 Å². The number of rotatable bonds is 6. The molecule has 1 saturated heterocycles. The van der Waals surface area contributed by atoms with Gasteiger partial charge in [0.05, 0.1) is 22.5 Å². The molecule has 7 atom stereocenters. The van der Waals surface area contributed by atoms with Crippen molar-refractivity contribution in [2.75, 3.05) is 16.8 Å². The molecule has 45 heavy (non-hydrogen) atoms. The number of benzene rings is 3. The van der Waals surface area contributed by atoms with E-state index in [0.29, 0.717) is 17.1 Å². The average Bonchev–Trinajstić information content (AvgIpc) is 3.77. The number of anilines is 2. The zero-order valence-electron chi connectivity index (χ0n) is 23.5. The number of nitrogens with zero attached hydrogens (tertiary/aromatic N) is 1. The number of nitrogens with one attached hydrogen (secondary N) is 2. The van der Waals surface area contributed by atoms with Crippen molar-refractivity contribution in [3.8, 4) is 11.5 Å². The molecule has 3 amide bonds. The van der Waals surface area contributed by atoms with E-state index in [4.69, 9.17) is 4.74 Å². The first-order valence-corrected chi connectivity index (χ1v) is 17.1. The van der Waals surface area contributed by atoms with Crippen LogP contribution < -0.4 is 19.8 Å². The van der Waals surface area contributed by atoms with E-state index in [9.17, 15) is 24.3 Å². The summed E-state index contributed by atoms with van der Waals surface area (Å²) in [6.45, 7) is -0.253. The molecule has 4 unspecified atom stereocenters. The Morgan fingerprint density at radius 1 is 1.00 bits per heavy atom. The summed E-state index contributed by atoms with van der Waals surface area (Å²) in [4.78, 5) is 58.5. The Balaban J connectivity index is 1.14. The van der Waals surface area contributed by atoms with Gasteiger partial charge in [0.15, 0.2) is 6.61 Å². The SMILES string of the molecule is O=C(COc1ccc(Br)cc1[C@H]1c2sc(=O)[nH]c2SC2C1[C@H]1C[C@@H]2C2C(=O)N(c3ccccc3)C(=O)C21)Nc1ccc(O)cc1. The third-order valence-corrected chi connectivity index (χ3v) is 12.6. The van der Waals surface area contributed by atoms with Crippen LogP contribution in [0.2, 0.25) is 0 Å². The summed E-state index contributed by atoms with van der Waals surface area (Å²) < 4.78 is 6.97. The molecule has 1 aromatic heterocycles. The van der Waals surface area contributed by atoms with E-state index < -0.39 is 5.92 Å². The fourth-order valence-electron chi connectivity index (χ4n) is 7.98. The topological polar surface area (TPSA) is 129 Å². The van der Waals surface area contributed by atoms with Gasteiger partial charge < -0.3 is 20.1 Å². The molecule has 3 fully saturated rings. The van der Waals surface area contributed by atoms with E-state index in [-0.39, 0.29) is 69.8 Å². The molecule has 3 aromatic carbocycles. The Morgan fingerprint density at radius 3 is 2.49 bits per heavy atom. The lowest BCUT2D eigenvalue weighted by atomic mass is 9.68. The minimum atomic E-state index is -0.420. The van der Waals surface area contributed by atoms with E-state index in [1.165, 1.54) is 28.4 Å². The molecular weight excluding hydrogens is 678 g/mol. The normalized spacial score (nSPS) is 27.7. The number of aromatic amines is 1. The van der Waals surface area contributed by atoms with Gasteiger partial charge in [-0.3, -0.25) is 24.1 Å². The summed E-state index contributed by atoms with van der Waals surface area (Å²) in [6, 6.07) is 20.9. The highest BCUT2D eigenvalue weighted by atomic mass is 79.9. The van der Waals surface area contributed by atoms with Gasteiger partial charge in [0, 0.05) is 31.8 Å². The second kappa shape index (κ2) is 10.9. The van der Waals surface area contributed by atoms with Crippen molar-refractivity contribution in [1.82, 2.24) is 4.98 Å². The molecule has 12 heteroatoms. The summed E-state index contributed by atoms with van der Waals surface area (Å²) in [7, 11) is 0. The third-order valence-electron chi connectivity index (χ3n) is 9.56. The van der Waals surface area contributed by atoms with Crippen LogP contribution in [0.5, 0.6) is 11.5 Å². The molecule has 2 aliphatic heterocycles. The fourth-order valence-corrected chi connectivity index (χ4v) is 11.2. The number of carbonyl (C=O) groups excluding carboxylic acids is 3. The van der Waals surface area contributed by atoms with Gasteiger partial charge in [0.25, 0.3) is 5.91 Å². The first-order valence-electron chi connectivity index (χ1n) is 14.6. The Bertz CT molecular complexity index is 1910. The second-order valence-corrected chi connectivity index (χ2v) is 15.0. The van der Waals surface area contributed by atoms with Crippen LogP contribution in [0.25, 0.3) is 0 Å². The van der Waals surface area contributed by atoms with E-state index >= 15 is 0 Å². The number of hydrogen-bond acceptors (Lipinski definition) is 8. The smallest absolute Gasteiger partial charge is 0.305 e. The monoisotopic (exact) mass is 703 g/mol. The fraction of sp³-hybridized carbons (Fsp3) is 0.273. The van der Waals surface area contributed by atoms with Crippen molar-refractivity contribution in [3.05, 3.63) is 97.4 Å². The standard InChI is InChI=1S/C33H26BrN3O6S2/c34-15-6-11-22(43-14-23(39)35-16-7-9-18(38)10-8-16)19(12-15)24-25-20-13-21(28(25)44-30-29(24)45-33(42)36-30)27-26(20)31(40)37(32(27)41)17-4-2-1-3-5-17/h1-12,20-21,24-28,38H,13-14H2,(H,35,39)(H,36,42)/t20-,21-,24-,25?,26?,27?,28?/m1/s1. The van der Waals surface area contributed by atoms with Gasteiger partial charge in [-0.05, 0) is 78.8 Å². The van der Waals surface area contributed by atoms with Crippen molar-refractivity contribution >= 4 is 68.1 Å². The Morgan fingerprint density at radius 2 is 1.73 bits per heavy atom. The molecule has 9 nitrogen and oxygen atoms in total. The average molecular weight is 705 g/mol. The molecule has 2 saturated carbocycles. The number of thioether (sulfide) groups is 1. The first kappa shape index (κ1) is 28.6. The highest BCUT2D eigenvalue weighted by molar-refractivity contribution is 9.10. The van der Waals surface area contributed by atoms with Gasteiger partial charge in [-0.25, -0.2) is 0 Å². The first-order chi connectivity index (χ1) is 21.8. The zero-order valence-corrected chi connectivity index (χ0v) is 26.7. The summed E-state index contributed by atoms with van der Waals surface area (Å²) in [6.07, 6.45) is 0.771. The van der Waals surface area contributed by atoms with Gasteiger partial charge in [0.1, 0.15) is 11.5 Å². The van der Waals surface area contributed by atoms with Gasteiger partial charge >= 0.3 is 4.87 Å². The Hall–Kier alpha value is -3.87. The molecule has 2 bridgehead atoms. The van der Waals surface area contributed by atoms with E-state index in [1.54, 1.807) is 36.0 Å². The lowest BCUT2D eigenvalue weighted by Gasteiger charge is -2.43. The molecule has 4 aliphatic rings. The number of aromatic nitrogens is 1. The molecule has 4 aromatic rings. The van der Waals surface area contributed by atoms with Crippen LogP contribution in [0.4, 0.5) is 11.4 Å². The van der Waals surface area contributed by atoms with Crippen LogP contribution in [0.15, 0.2) is 87.1 Å². The summed E-state index contributed by atoms with van der Waals surface area (Å²) in [5.74, 6) is -1.18. The van der Waals surface area contributed by atoms with E-state index in [1.807, 2.05) is 36.4 Å². The van der Waals surface area contributed by atoms with Gasteiger partial charge in [0.2, 0.25) is 11.8 Å². The molecule has 2 aliphatic carbocycles. The number of para-hydroxylation sites is 1. The van der Waals surface area contributed by atoms with Crippen LogP contribution >= 0.6 is 39.0 Å². The minimum Gasteiger partial charge on any atom is -0.508 e. The second-order valence-electron chi connectivity index (χ2n) is 11.9. The largest absolute Gasteiger partial charge is 0.508 e. The van der Waals surface area contributed by atoms with Crippen LogP contribution in [0.3, 0.4) is 0 Å². The highest BCUT2D eigenvalue weighted by Crippen LogP contribution is 2.69. The van der Waals surface area contributed by atoms with Gasteiger partial charge in [-0.15, -0.1) is 11.8 Å². The molecular formula is C33H26BrN3O6S2. The maximum atomic E-state index is 14.0. The zero-order chi connectivity index (χ0) is 31.0. The van der Waals surface area contributed by atoms with Crippen molar-refractivity contribution in [1.29, 1.82) is 0 Å². The lowest BCUT2D eigenvalue weighted by Crippen LogP contribution is -2.42. The number of aromatic hydroxyl groups is 1. The van der Waals surface area contributed by atoms with Crippen molar-refractivity contribution < 1.29 is 24.2 Å². The lowest BCUT2D eigenvalue weighted by molar-refractivity contribution is -0.123. The number of phenolic OH excluding ortho intramolecular Hbond substituents is 1. The molecule has 3 heterocycles. The summed E-state index contributed by atoms with van der Waals surface area (Å²) in [5, 5.41) is 13.1. The molecule has 8 rings (SSSR count). The predicted octanol–water partition coefficient (Wildman–Crippen LogP) is 5.60. The molecule has 228 valence electrons. The maximum Gasteiger partial charge on any atom is 0.305 e. The predicted molar refractivity (Wildman–Crippen MR) is 174 cm³/mol. The number of H-pyrrole nitrogens is 1. The van der Waals surface area contributed by atoms with Crippen LogP contribution in [-0.2, 0) is 14.4 Å². The summed E-state index contributed by atoms with van der Waals surface area (Å²) in [5.41, 5.74) is 1.96. The van der Waals surface area contributed by atoms with Gasteiger partial charge in [-0.1, -0.05) is 45.5 Å². The number of amides is 3. The third kappa shape index (κ3) is 4.64.